The molecule has 0 bridgehead atoms. The molecule has 1 heterocycles. The van der Waals surface area contributed by atoms with Crippen LogP contribution in [0, 0.1) is 18.3 Å². The maximum Gasteiger partial charge on any atom is 0.225 e. The fraction of sp³-hybridized carbons (Fsp3) is 0.107. The highest BCUT2D eigenvalue weighted by atomic mass is 32.2. The van der Waals surface area contributed by atoms with Gasteiger partial charge in [-0.1, -0.05) is 78.4 Å². The van der Waals surface area contributed by atoms with Crippen molar-refractivity contribution in [2.24, 2.45) is 0 Å². The molecular weight excluding hydrogens is 426 g/mol. The highest BCUT2D eigenvalue weighted by Crippen LogP contribution is 2.34. The van der Waals surface area contributed by atoms with Crippen LogP contribution in [0.4, 0.5) is 5.69 Å². The van der Waals surface area contributed by atoms with Crippen LogP contribution in [0.25, 0.3) is 22.4 Å². The Bertz CT molecular complexity index is 1280. The summed E-state index contributed by atoms with van der Waals surface area (Å²) < 4.78 is 0. The van der Waals surface area contributed by atoms with Crippen LogP contribution in [0.5, 0.6) is 0 Å². The number of hydrogen-bond acceptors (Lipinski definition) is 4. The molecule has 5 heteroatoms. The average molecular weight is 450 g/mol. The van der Waals surface area contributed by atoms with Gasteiger partial charge in [-0.25, -0.2) is 4.98 Å². The third kappa shape index (κ3) is 5.68. The molecule has 1 aromatic heterocycles. The van der Waals surface area contributed by atoms with E-state index in [2.05, 4.69) is 11.4 Å². The monoisotopic (exact) mass is 449 g/mol. The number of aromatic nitrogens is 1. The topological polar surface area (TPSA) is 65.8 Å². The summed E-state index contributed by atoms with van der Waals surface area (Å²) in [4.78, 5) is 17.2. The van der Waals surface area contributed by atoms with Crippen molar-refractivity contribution in [2.75, 3.05) is 11.1 Å². The van der Waals surface area contributed by atoms with E-state index in [1.54, 1.807) is 0 Å². The third-order valence-corrected chi connectivity index (χ3v) is 6.13. The van der Waals surface area contributed by atoms with E-state index in [0.29, 0.717) is 22.8 Å². The number of para-hydroxylation sites is 1. The number of nitrogens with zero attached hydrogens (tertiary/aromatic N) is 2. The van der Waals surface area contributed by atoms with Crippen LogP contribution in [0.15, 0.2) is 96.0 Å². The number of carbonyl (C=O) groups excluding carboxylic acids is 1. The van der Waals surface area contributed by atoms with Gasteiger partial charge in [0.1, 0.15) is 11.1 Å². The smallest absolute Gasteiger partial charge is 0.225 e. The number of rotatable bonds is 7. The molecule has 33 heavy (non-hydrogen) atoms. The van der Waals surface area contributed by atoms with Crippen molar-refractivity contribution in [1.29, 1.82) is 5.26 Å². The maximum atomic E-state index is 12.4. The van der Waals surface area contributed by atoms with Crippen molar-refractivity contribution in [3.63, 3.8) is 0 Å². The summed E-state index contributed by atoms with van der Waals surface area (Å²) in [7, 11) is 0. The summed E-state index contributed by atoms with van der Waals surface area (Å²) in [5.74, 6) is 0.455. The Morgan fingerprint density at radius 2 is 1.61 bits per heavy atom. The van der Waals surface area contributed by atoms with Gasteiger partial charge in [-0.05, 0) is 30.7 Å². The first-order valence-corrected chi connectivity index (χ1v) is 11.7. The summed E-state index contributed by atoms with van der Waals surface area (Å²) in [5.41, 5.74) is 6.08. The summed E-state index contributed by atoms with van der Waals surface area (Å²) in [6, 6.07) is 31.8. The minimum atomic E-state index is -0.0646. The van der Waals surface area contributed by atoms with Gasteiger partial charge in [0, 0.05) is 29.0 Å². The lowest BCUT2D eigenvalue weighted by molar-refractivity contribution is -0.115. The molecule has 4 nitrogen and oxygen atoms in total. The van der Waals surface area contributed by atoms with Gasteiger partial charge in [0.2, 0.25) is 5.91 Å². The van der Waals surface area contributed by atoms with Gasteiger partial charge >= 0.3 is 0 Å². The zero-order valence-corrected chi connectivity index (χ0v) is 19.1. The Labute approximate surface area is 198 Å². The molecule has 0 radical (unpaired) electrons. The van der Waals surface area contributed by atoms with Crippen molar-refractivity contribution in [3.8, 4) is 28.5 Å². The molecule has 1 N–H and O–H groups in total. The zero-order chi connectivity index (χ0) is 23.0. The molecule has 0 aliphatic rings. The number of hydrogen-bond donors (Lipinski definition) is 1. The molecule has 162 valence electrons. The van der Waals surface area contributed by atoms with Gasteiger partial charge in [0.15, 0.2) is 0 Å². The van der Waals surface area contributed by atoms with E-state index in [1.807, 2.05) is 97.9 Å². The first kappa shape index (κ1) is 22.3. The minimum Gasteiger partial charge on any atom is -0.326 e. The highest BCUT2D eigenvalue weighted by Gasteiger charge is 2.16. The Morgan fingerprint density at radius 1 is 0.939 bits per heavy atom. The van der Waals surface area contributed by atoms with Crippen molar-refractivity contribution < 1.29 is 4.79 Å². The Balaban J connectivity index is 1.62. The molecule has 0 saturated carbocycles. The van der Waals surface area contributed by atoms with Gasteiger partial charge in [0.05, 0.1) is 11.3 Å². The first-order chi connectivity index (χ1) is 16.1. The number of benzene rings is 3. The number of nitriles is 1. The predicted molar refractivity (Wildman–Crippen MR) is 135 cm³/mol. The summed E-state index contributed by atoms with van der Waals surface area (Å²) in [5, 5.41) is 13.5. The van der Waals surface area contributed by atoms with Gasteiger partial charge in [-0.3, -0.25) is 4.79 Å². The van der Waals surface area contributed by atoms with E-state index in [9.17, 15) is 10.1 Å². The van der Waals surface area contributed by atoms with Crippen LogP contribution in [0.3, 0.4) is 0 Å². The molecule has 0 aliphatic heterocycles. The lowest BCUT2D eigenvalue weighted by Gasteiger charge is -2.13. The lowest BCUT2D eigenvalue weighted by Crippen LogP contribution is -2.12. The highest BCUT2D eigenvalue weighted by molar-refractivity contribution is 7.99. The van der Waals surface area contributed by atoms with Gasteiger partial charge in [-0.2, -0.15) is 5.26 Å². The molecule has 4 rings (SSSR count). The SMILES string of the molecule is Cc1ccc(-c2cc(-c3ccccc3)nc(SCCC(=O)Nc3ccccc3)c2C#N)cc1. The van der Waals surface area contributed by atoms with E-state index in [-0.39, 0.29) is 5.91 Å². The van der Waals surface area contributed by atoms with Gasteiger partial charge < -0.3 is 5.32 Å². The Kier molecular flexibility index (Phi) is 7.19. The van der Waals surface area contributed by atoms with Crippen molar-refractivity contribution in [3.05, 3.63) is 102 Å². The number of aryl methyl sites for hydroxylation is 1. The van der Waals surface area contributed by atoms with Crippen LogP contribution in [0.1, 0.15) is 17.5 Å². The second-order valence-electron chi connectivity index (χ2n) is 7.59. The van der Waals surface area contributed by atoms with E-state index >= 15 is 0 Å². The van der Waals surface area contributed by atoms with Crippen LogP contribution in [-0.4, -0.2) is 16.6 Å². The molecule has 0 unspecified atom stereocenters. The third-order valence-electron chi connectivity index (χ3n) is 5.16. The van der Waals surface area contributed by atoms with E-state index in [4.69, 9.17) is 4.98 Å². The lowest BCUT2D eigenvalue weighted by atomic mass is 9.98. The standard InChI is InChI=1S/C28H23N3OS/c1-20-12-14-21(15-13-20)24-18-26(22-8-4-2-5-9-22)31-28(25(24)19-29)33-17-16-27(32)30-23-10-6-3-7-11-23/h2-15,18H,16-17H2,1H3,(H,30,32). The average Bonchev–Trinajstić information content (AvgIpc) is 2.85. The fourth-order valence-electron chi connectivity index (χ4n) is 3.44. The van der Waals surface area contributed by atoms with Gasteiger partial charge in [0.25, 0.3) is 0 Å². The van der Waals surface area contributed by atoms with Crippen molar-refractivity contribution >= 4 is 23.4 Å². The van der Waals surface area contributed by atoms with E-state index < -0.39 is 0 Å². The zero-order valence-electron chi connectivity index (χ0n) is 18.3. The number of nitrogens with one attached hydrogen (secondary N) is 1. The summed E-state index contributed by atoms with van der Waals surface area (Å²) in [6.45, 7) is 2.04. The summed E-state index contributed by atoms with van der Waals surface area (Å²) in [6.07, 6.45) is 0.321. The van der Waals surface area contributed by atoms with Crippen LogP contribution in [-0.2, 0) is 4.79 Å². The van der Waals surface area contributed by atoms with Crippen LogP contribution >= 0.6 is 11.8 Å². The van der Waals surface area contributed by atoms with Gasteiger partial charge in [-0.15, -0.1) is 11.8 Å². The van der Waals surface area contributed by atoms with Crippen molar-refractivity contribution in [2.45, 2.75) is 18.4 Å². The normalized spacial score (nSPS) is 10.4. The number of carbonyl (C=O) groups is 1. The van der Waals surface area contributed by atoms with Crippen LogP contribution in [0.2, 0.25) is 0 Å². The second kappa shape index (κ2) is 10.6. The van der Waals surface area contributed by atoms with Crippen LogP contribution < -0.4 is 5.32 Å². The largest absolute Gasteiger partial charge is 0.326 e. The molecular formula is C28H23N3OS. The molecule has 1 amide bonds. The predicted octanol–water partition coefficient (Wildman–Crippen LogP) is 6.72. The summed E-state index contributed by atoms with van der Waals surface area (Å²) >= 11 is 1.44. The number of thioether (sulfide) groups is 1. The Morgan fingerprint density at radius 3 is 2.27 bits per heavy atom. The number of pyridine rings is 1. The fourth-order valence-corrected chi connectivity index (χ4v) is 4.38. The molecule has 0 aliphatic carbocycles. The molecule has 0 fully saturated rings. The molecule has 4 aromatic rings. The number of amides is 1. The Hall–Kier alpha value is -3.88. The maximum absolute atomic E-state index is 12.4. The first-order valence-electron chi connectivity index (χ1n) is 10.7. The van der Waals surface area contributed by atoms with Crippen molar-refractivity contribution in [1.82, 2.24) is 4.98 Å². The molecule has 3 aromatic carbocycles. The second-order valence-corrected chi connectivity index (χ2v) is 8.68. The molecule has 0 spiro atoms. The van der Waals surface area contributed by atoms with E-state index in [0.717, 1.165) is 33.6 Å². The molecule has 0 saturated heterocycles. The van der Waals surface area contributed by atoms with E-state index in [1.165, 1.54) is 11.8 Å². The molecule has 0 atom stereocenters. The minimum absolute atomic E-state index is 0.0646. The quantitative estimate of drug-likeness (QED) is 0.318. The number of anilines is 1.